The Morgan fingerprint density at radius 2 is 1.89 bits per heavy atom. The van der Waals surface area contributed by atoms with Crippen molar-refractivity contribution in [3.8, 4) is 0 Å². The third-order valence-electron chi connectivity index (χ3n) is 2.99. The van der Waals surface area contributed by atoms with Gasteiger partial charge in [-0.3, -0.25) is 4.79 Å². The molecule has 5 heteroatoms. The zero-order valence-corrected chi connectivity index (χ0v) is 11.4. The summed E-state index contributed by atoms with van der Waals surface area (Å²) in [5, 5.41) is 11.7. The molecule has 100 valence electrons. The number of carboxylic acid groups (broad SMARTS) is 1. The SMILES string of the molecule is Cc1ccc(C(=O)N[C@H](C(=O)O)C(C)(C)C)n1C. The fraction of sp³-hybridized carbons (Fsp3) is 0.538. The van der Waals surface area contributed by atoms with Crippen LogP contribution in [0.4, 0.5) is 0 Å². The fourth-order valence-electron chi connectivity index (χ4n) is 1.69. The summed E-state index contributed by atoms with van der Waals surface area (Å²) < 4.78 is 1.73. The van der Waals surface area contributed by atoms with E-state index in [0.717, 1.165) is 5.69 Å². The van der Waals surface area contributed by atoms with E-state index in [9.17, 15) is 9.59 Å². The van der Waals surface area contributed by atoms with Gasteiger partial charge in [-0.25, -0.2) is 4.79 Å². The van der Waals surface area contributed by atoms with Crippen LogP contribution in [0.25, 0.3) is 0 Å². The van der Waals surface area contributed by atoms with E-state index >= 15 is 0 Å². The van der Waals surface area contributed by atoms with Crippen LogP contribution in [0.2, 0.25) is 0 Å². The molecule has 0 aliphatic carbocycles. The Kier molecular flexibility index (Phi) is 3.84. The number of nitrogens with zero attached hydrogens (tertiary/aromatic N) is 1. The Morgan fingerprint density at radius 3 is 2.22 bits per heavy atom. The second-order valence-corrected chi connectivity index (χ2v) is 5.53. The zero-order valence-electron chi connectivity index (χ0n) is 11.4. The van der Waals surface area contributed by atoms with E-state index in [1.165, 1.54) is 0 Å². The molecule has 1 amide bonds. The lowest BCUT2D eigenvalue weighted by Crippen LogP contribution is -2.49. The molecule has 1 heterocycles. The highest BCUT2D eigenvalue weighted by atomic mass is 16.4. The van der Waals surface area contributed by atoms with E-state index in [-0.39, 0.29) is 5.91 Å². The van der Waals surface area contributed by atoms with Crippen molar-refractivity contribution >= 4 is 11.9 Å². The third kappa shape index (κ3) is 2.91. The molecule has 0 spiro atoms. The van der Waals surface area contributed by atoms with Crippen LogP contribution in [0.1, 0.15) is 37.0 Å². The molecule has 0 aliphatic rings. The monoisotopic (exact) mass is 252 g/mol. The number of aliphatic carboxylic acids is 1. The number of hydrogen-bond acceptors (Lipinski definition) is 2. The molecule has 5 nitrogen and oxygen atoms in total. The molecular formula is C13H20N2O3. The largest absolute Gasteiger partial charge is 0.480 e. The fourth-order valence-corrected chi connectivity index (χ4v) is 1.69. The lowest BCUT2D eigenvalue weighted by Gasteiger charge is -2.27. The molecule has 1 atom stereocenters. The van der Waals surface area contributed by atoms with Gasteiger partial charge in [-0.1, -0.05) is 20.8 Å². The van der Waals surface area contributed by atoms with Gasteiger partial charge in [0.15, 0.2) is 0 Å². The summed E-state index contributed by atoms with van der Waals surface area (Å²) in [6, 6.07) is 2.59. The maximum atomic E-state index is 12.0. The summed E-state index contributed by atoms with van der Waals surface area (Å²) in [4.78, 5) is 23.2. The first kappa shape index (κ1) is 14.3. The summed E-state index contributed by atoms with van der Waals surface area (Å²) in [6.07, 6.45) is 0. The summed E-state index contributed by atoms with van der Waals surface area (Å²) in [6.45, 7) is 7.22. The maximum absolute atomic E-state index is 12.0. The number of carbonyl (C=O) groups is 2. The van der Waals surface area contributed by atoms with Crippen molar-refractivity contribution < 1.29 is 14.7 Å². The van der Waals surface area contributed by atoms with Crippen LogP contribution in [0.15, 0.2) is 12.1 Å². The molecule has 1 aromatic rings. The van der Waals surface area contributed by atoms with Crippen molar-refractivity contribution in [1.29, 1.82) is 0 Å². The zero-order chi connectivity index (χ0) is 14.1. The minimum atomic E-state index is -1.03. The van der Waals surface area contributed by atoms with E-state index < -0.39 is 17.4 Å². The van der Waals surface area contributed by atoms with Gasteiger partial charge in [-0.05, 0) is 24.5 Å². The normalized spacial score (nSPS) is 13.2. The van der Waals surface area contributed by atoms with Gasteiger partial charge >= 0.3 is 5.97 Å². The van der Waals surface area contributed by atoms with Gasteiger partial charge in [0.25, 0.3) is 5.91 Å². The van der Waals surface area contributed by atoms with Crippen LogP contribution in [-0.2, 0) is 11.8 Å². The van der Waals surface area contributed by atoms with Crippen LogP contribution in [0.5, 0.6) is 0 Å². The molecule has 1 aromatic heterocycles. The standard InChI is InChI=1S/C13H20N2O3/c1-8-6-7-9(15(8)5)11(16)14-10(12(17)18)13(2,3)4/h6-7,10H,1-5H3,(H,14,16)(H,17,18)/t10-/m1/s1. The van der Waals surface area contributed by atoms with E-state index in [4.69, 9.17) is 5.11 Å². The minimum absolute atomic E-state index is 0.368. The van der Waals surface area contributed by atoms with Gasteiger partial charge in [0.05, 0.1) is 0 Å². The first-order chi connectivity index (χ1) is 8.14. The molecule has 0 fully saturated rings. The van der Waals surface area contributed by atoms with Crippen molar-refractivity contribution in [3.63, 3.8) is 0 Å². The summed E-state index contributed by atoms with van der Waals surface area (Å²) in [7, 11) is 1.77. The molecule has 18 heavy (non-hydrogen) atoms. The van der Waals surface area contributed by atoms with Crippen LogP contribution in [0, 0.1) is 12.3 Å². The molecule has 0 aromatic carbocycles. The van der Waals surface area contributed by atoms with Crippen LogP contribution in [-0.4, -0.2) is 27.6 Å². The lowest BCUT2D eigenvalue weighted by atomic mass is 9.86. The molecular weight excluding hydrogens is 232 g/mol. The predicted molar refractivity (Wildman–Crippen MR) is 68.5 cm³/mol. The van der Waals surface area contributed by atoms with E-state index in [2.05, 4.69) is 5.32 Å². The van der Waals surface area contributed by atoms with Crippen LogP contribution < -0.4 is 5.32 Å². The summed E-state index contributed by atoms with van der Waals surface area (Å²) in [5.74, 6) is -1.39. The van der Waals surface area contributed by atoms with E-state index in [0.29, 0.717) is 5.69 Å². The highest BCUT2D eigenvalue weighted by Gasteiger charge is 2.33. The molecule has 0 radical (unpaired) electrons. The Hall–Kier alpha value is -1.78. The van der Waals surface area contributed by atoms with Gasteiger partial charge in [0.1, 0.15) is 11.7 Å². The second kappa shape index (κ2) is 4.84. The van der Waals surface area contributed by atoms with E-state index in [1.54, 1.807) is 38.5 Å². The number of aromatic nitrogens is 1. The van der Waals surface area contributed by atoms with Crippen molar-refractivity contribution in [2.24, 2.45) is 12.5 Å². The number of nitrogens with one attached hydrogen (secondary N) is 1. The van der Waals surface area contributed by atoms with Gasteiger partial charge < -0.3 is 15.0 Å². The molecule has 1 rings (SSSR count). The predicted octanol–water partition coefficient (Wildman–Crippen LogP) is 1.56. The van der Waals surface area contributed by atoms with Gasteiger partial charge in [0.2, 0.25) is 0 Å². The third-order valence-corrected chi connectivity index (χ3v) is 2.99. The Bertz CT molecular complexity index is 469. The average Bonchev–Trinajstić information content (AvgIpc) is 2.54. The molecule has 0 saturated heterocycles. The second-order valence-electron chi connectivity index (χ2n) is 5.53. The van der Waals surface area contributed by atoms with Crippen LogP contribution in [0.3, 0.4) is 0 Å². The number of amides is 1. The Morgan fingerprint density at radius 1 is 1.33 bits per heavy atom. The summed E-state index contributed by atoms with van der Waals surface area (Å²) in [5.41, 5.74) is 0.868. The van der Waals surface area contributed by atoms with Gasteiger partial charge in [-0.2, -0.15) is 0 Å². The Balaban J connectivity index is 2.93. The van der Waals surface area contributed by atoms with Crippen LogP contribution >= 0.6 is 0 Å². The van der Waals surface area contributed by atoms with Crippen molar-refractivity contribution in [2.45, 2.75) is 33.7 Å². The molecule has 2 N–H and O–H groups in total. The van der Waals surface area contributed by atoms with Gasteiger partial charge in [0, 0.05) is 12.7 Å². The number of carbonyl (C=O) groups excluding carboxylic acids is 1. The number of rotatable bonds is 3. The highest BCUT2D eigenvalue weighted by molar-refractivity contribution is 5.95. The van der Waals surface area contributed by atoms with Crippen molar-refractivity contribution in [1.82, 2.24) is 9.88 Å². The average molecular weight is 252 g/mol. The molecule has 0 aliphatic heterocycles. The van der Waals surface area contributed by atoms with Gasteiger partial charge in [-0.15, -0.1) is 0 Å². The number of aryl methyl sites for hydroxylation is 1. The topological polar surface area (TPSA) is 71.3 Å². The number of hydrogen-bond donors (Lipinski definition) is 2. The summed E-state index contributed by atoms with van der Waals surface area (Å²) >= 11 is 0. The maximum Gasteiger partial charge on any atom is 0.326 e. The molecule has 0 bridgehead atoms. The smallest absolute Gasteiger partial charge is 0.326 e. The lowest BCUT2D eigenvalue weighted by molar-refractivity contribution is -0.142. The number of carboxylic acids is 1. The first-order valence-corrected chi connectivity index (χ1v) is 5.80. The molecule has 0 saturated carbocycles. The van der Waals surface area contributed by atoms with Crippen molar-refractivity contribution in [2.75, 3.05) is 0 Å². The quantitative estimate of drug-likeness (QED) is 0.857. The highest BCUT2D eigenvalue weighted by Crippen LogP contribution is 2.20. The Labute approximate surface area is 107 Å². The molecule has 0 unspecified atom stereocenters. The van der Waals surface area contributed by atoms with E-state index in [1.807, 2.05) is 13.0 Å². The minimum Gasteiger partial charge on any atom is -0.480 e. The first-order valence-electron chi connectivity index (χ1n) is 5.80. The van der Waals surface area contributed by atoms with Crippen molar-refractivity contribution in [3.05, 3.63) is 23.5 Å².